The number of fused-ring (bicyclic) bond motifs is 1. The van der Waals surface area contributed by atoms with Crippen LogP contribution in [0.2, 0.25) is 0 Å². The molecule has 0 aromatic rings. The summed E-state index contributed by atoms with van der Waals surface area (Å²) in [6, 6.07) is 0. The van der Waals surface area contributed by atoms with Gasteiger partial charge in [0.2, 0.25) is 0 Å². The van der Waals surface area contributed by atoms with Crippen LogP contribution < -0.4 is 0 Å². The van der Waals surface area contributed by atoms with Gasteiger partial charge >= 0.3 is 6.09 Å². The highest BCUT2D eigenvalue weighted by molar-refractivity contribution is 5.68. The predicted octanol–water partition coefficient (Wildman–Crippen LogP) is 1.55. The van der Waals surface area contributed by atoms with Gasteiger partial charge in [-0.1, -0.05) is 6.08 Å². The third-order valence-electron chi connectivity index (χ3n) is 2.06. The molecule has 0 saturated carbocycles. The topological polar surface area (TPSA) is 43.8 Å². The van der Waals surface area contributed by atoms with Gasteiger partial charge in [-0.15, -0.1) is 0 Å². The zero-order valence-corrected chi connectivity index (χ0v) is 7.05. The summed E-state index contributed by atoms with van der Waals surface area (Å²) in [6.07, 6.45) is 8.97. The van der Waals surface area contributed by atoms with E-state index in [0.717, 1.165) is 23.6 Å². The van der Waals surface area contributed by atoms with Gasteiger partial charge in [-0.05, 0) is 12.5 Å². The summed E-state index contributed by atoms with van der Waals surface area (Å²) < 4.78 is 0. The van der Waals surface area contributed by atoms with E-state index in [4.69, 9.17) is 5.11 Å². The first-order valence-electron chi connectivity index (χ1n) is 4.12. The first kappa shape index (κ1) is 7.91. The Morgan fingerprint density at radius 2 is 2.31 bits per heavy atom. The lowest BCUT2D eigenvalue weighted by Crippen LogP contribution is -2.29. The van der Waals surface area contributed by atoms with Gasteiger partial charge in [0.15, 0.2) is 0 Å². The smallest absolute Gasteiger partial charge is 0.415 e. The monoisotopic (exact) mass is 178 g/mol. The average molecular weight is 178 g/mol. The van der Waals surface area contributed by atoms with Crippen LogP contribution in [-0.2, 0) is 0 Å². The first-order valence-corrected chi connectivity index (χ1v) is 4.12. The van der Waals surface area contributed by atoms with Gasteiger partial charge in [0.05, 0.1) is 5.70 Å². The average Bonchev–Trinajstić information content (AvgIpc) is 2.17. The lowest BCUT2D eigenvalue weighted by Gasteiger charge is -2.29. The van der Waals surface area contributed by atoms with Crippen molar-refractivity contribution in [3.05, 3.63) is 36.4 Å². The molecule has 1 amide bonds. The van der Waals surface area contributed by atoms with Crippen LogP contribution in [0.15, 0.2) is 36.4 Å². The summed E-state index contributed by atoms with van der Waals surface area (Å²) in [6.45, 7) is 0.923. The van der Waals surface area contributed by atoms with Crippen LogP contribution in [0.5, 0.6) is 0 Å². The molecular formula is C9H10N2O2. The normalized spacial score (nSPS) is 19.8. The Morgan fingerprint density at radius 1 is 1.46 bits per heavy atom. The Hall–Kier alpha value is -1.71. The maximum absolute atomic E-state index is 10.6. The highest BCUT2D eigenvalue weighted by atomic mass is 16.4. The van der Waals surface area contributed by atoms with Crippen molar-refractivity contribution in [2.24, 2.45) is 0 Å². The zero-order valence-electron chi connectivity index (χ0n) is 7.05. The number of rotatable bonds is 0. The standard InChI is InChI=1S/C9H10N2O2/c12-9(13)11-6-5-10-4-2-1-3-8(10)7-11/h1,3,5-7H,2,4H2,(H,12,13). The van der Waals surface area contributed by atoms with Crippen LogP contribution in [0.3, 0.4) is 0 Å². The van der Waals surface area contributed by atoms with E-state index in [1.165, 1.54) is 0 Å². The minimum atomic E-state index is -0.956. The minimum Gasteiger partial charge on any atom is -0.464 e. The number of allylic oxidation sites excluding steroid dienone is 1. The number of carbonyl (C=O) groups is 1. The lowest BCUT2D eigenvalue weighted by molar-refractivity contribution is 0.173. The second kappa shape index (κ2) is 2.97. The molecular weight excluding hydrogens is 168 g/mol. The molecule has 0 aromatic heterocycles. The summed E-state index contributed by atoms with van der Waals surface area (Å²) in [4.78, 5) is 13.8. The maximum atomic E-state index is 10.6. The Balaban J connectivity index is 2.25. The fourth-order valence-electron chi connectivity index (χ4n) is 1.38. The van der Waals surface area contributed by atoms with Crippen molar-refractivity contribution in [2.45, 2.75) is 6.42 Å². The molecule has 0 radical (unpaired) electrons. The molecule has 13 heavy (non-hydrogen) atoms. The van der Waals surface area contributed by atoms with Crippen molar-refractivity contribution >= 4 is 6.09 Å². The molecule has 0 aromatic carbocycles. The lowest BCUT2D eigenvalue weighted by atomic mass is 10.2. The molecule has 0 fully saturated rings. The van der Waals surface area contributed by atoms with Crippen LogP contribution in [0.1, 0.15) is 6.42 Å². The highest BCUT2D eigenvalue weighted by Crippen LogP contribution is 2.18. The van der Waals surface area contributed by atoms with E-state index in [1.54, 1.807) is 18.6 Å². The van der Waals surface area contributed by atoms with Gasteiger partial charge in [-0.2, -0.15) is 0 Å². The van der Waals surface area contributed by atoms with E-state index in [2.05, 4.69) is 0 Å². The second-order valence-corrected chi connectivity index (χ2v) is 2.93. The van der Waals surface area contributed by atoms with E-state index in [-0.39, 0.29) is 0 Å². The molecule has 2 heterocycles. The van der Waals surface area contributed by atoms with Crippen molar-refractivity contribution in [1.82, 2.24) is 9.80 Å². The van der Waals surface area contributed by atoms with E-state index in [0.29, 0.717) is 0 Å². The Morgan fingerprint density at radius 3 is 3.08 bits per heavy atom. The van der Waals surface area contributed by atoms with Crippen molar-refractivity contribution in [3.8, 4) is 0 Å². The fraction of sp³-hybridized carbons (Fsp3) is 0.222. The number of hydrogen-bond donors (Lipinski definition) is 1. The fourth-order valence-corrected chi connectivity index (χ4v) is 1.38. The molecule has 0 saturated heterocycles. The second-order valence-electron chi connectivity index (χ2n) is 2.93. The minimum absolute atomic E-state index is 0.923. The molecule has 2 aliphatic rings. The van der Waals surface area contributed by atoms with Gasteiger partial charge in [0.25, 0.3) is 0 Å². The number of amides is 1. The molecule has 4 nitrogen and oxygen atoms in total. The van der Waals surface area contributed by atoms with E-state index >= 15 is 0 Å². The summed E-state index contributed by atoms with van der Waals surface area (Å²) in [5.41, 5.74) is 0.927. The predicted molar refractivity (Wildman–Crippen MR) is 47.5 cm³/mol. The zero-order chi connectivity index (χ0) is 9.26. The number of hydrogen-bond acceptors (Lipinski definition) is 2. The molecule has 0 bridgehead atoms. The molecule has 0 unspecified atom stereocenters. The summed E-state index contributed by atoms with van der Waals surface area (Å²) in [5, 5.41) is 8.72. The Labute approximate surface area is 76.1 Å². The third-order valence-corrected chi connectivity index (χ3v) is 2.06. The number of nitrogens with zero attached hydrogens (tertiary/aromatic N) is 2. The molecule has 2 aliphatic heterocycles. The van der Waals surface area contributed by atoms with Gasteiger partial charge in [0, 0.05) is 25.1 Å². The Bertz CT molecular complexity index is 318. The maximum Gasteiger partial charge on any atom is 0.415 e. The summed E-state index contributed by atoms with van der Waals surface area (Å²) in [5.74, 6) is 0. The summed E-state index contributed by atoms with van der Waals surface area (Å²) in [7, 11) is 0. The van der Waals surface area contributed by atoms with Crippen LogP contribution in [-0.4, -0.2) is 27.5 Å². The van der Waals surface area contributed by atoms with Gasteiger partial charge in [-0.25, -0.2) is 4.79 Å². The molecule has 68 valence electrons. The van der Waals surface area contributed by atoms with Crippen molar-refractivity contribution < 1.29 is 9.90 Å². The Kier molecular flexibility index (Phi) is 1.81. The van der Waals surface area contributed by atoms with E-state index in [1.807, 2.05) is 17.1 Å². The van der Waals surface area contributed by atoms with Gasteiger partial charge < -0.3 is 10.0 Å². The highest BCUT2D eigenvalue weighted by Gasteiger charge is 2.16. The molecule has 2 rings (SSSR count). The van der Waals surface area contributed by atoms with Crippen LogP contribution in [0, 0.1) is 0 Å². The molecule has 0 aliphatic carbocycles. The molecule has 0 spiro atoms. The number of carboxylic acid groups (broad SMARTS) is 1. The van der Waals surface area contributed by atoms with Crippen molar-refractivity contribution in [1.29, 1.82) is 0 Å². The molecule has 4 heteroatoms. The van der Waals surface area contributed by atoms with E-state index < -0.39 is 6.09 Å². The largest absolute Gasteiger partial charge is 0.464 e. The quantitative estimate of drug-likeness (QED) is 0.612. The van der Waals surface area contributed by atoms with Gasteiger partial charge in [0.1, 0.15) is 0 Å². The summed E-state index contributed by atoms with van der Waals surface area (Å²) >= 11 is 0. The molecule has 0 atom stereocenters. The molecule has 1 N–H and O–H groups in total. The third kappa shape index (κ3) is 1.42. The van der Waals surface area contributed by atoms with Crippen molar-refractivity contribution in [2.75, 3.05) is 6.54 Å². The van der Waals surface area contributed by atoms with Crippen LogP contribution in [0.25, 0.3) is 0 Å². The van der Waals surface area contributed by atoms with E-state index in [9.17, 15) is 4.79 Å². The first-order chi connectivity index (χ1) is 6.27. The van der Waals surface area contributed by atoms with Crippen LogP contribution in [0.4, 0.5) is 4.79 Å². The van der Waals surface area contributed by atoms with Crippen LogP contribution >= 0.6 is 0 Å². The van der Waals surface area contributed by atoms with Crippen molar-refractivity contribution in [3.63, 3.8) is 0 Å². The SMILES string of the molecule is O=C(O)N1C=CN2CCC=CC2=C1. The van der Waals surface area contributed by atoms with Gasteiger partial charge in [-0.3, -0.25) is 4.90 Å².